The highest BCUT2D eigenvalue weighted by Gasteiger charge is 2.18. The molecule has 0 unspecified atom stereocenters. The van der Waals surface area contributed by atoms with Crippen molar-refractivity contribution in [2.45, 2.75) is 6.54 Å². The summed E-state index contributed by atoms with van der Waals surface area (Å²) in [4.78, 5) is 12.2. The van der Waals surface area contributed by atoms with Gasteiger partial charge in [-0.3, -0.25) is 4.79 Å². The number of amides is 1. The molecule has 32 heavy (non-hydrogen) atoms. The molecule has 5 rings (SSSR count). The molecule has 0 aliphatic carbocycles. The van der Waals surface area contributed by atoms with Gasteiger partial charge in [-0.25, -0.2) is 0 Å². The van der Waals surface area contributed by atoms with Crippen molar-refractivity contribution in [3.63, 3.8) is 0 Å². The van der Waals surface area contributed by atoms with Crippen LogP contribution < -0.4 is 5.73 Å². The number of nitriles is 1. The molecule has 0 saturated heterocycles. The van der Waals surface area contributed by atoms with Crippen LogP contribution in [0.15, 0.2) is 84.9 Å². The summed E-state index contributed by atoms with van der Waals surface area (Å²) in [6, 6.07) is 29.3. The van der Waals surface area contributed by atoms with Crippen LogP contribution in [0.4, 0.5) is 0 Å². The minimum absolute atomic E-state index is 0.464. The molecule has 1 amide bonds. The largest absolute Gasteiger partial charge is 0.366 e. The van der Waals surface area contributed by atoms with Crippen molar-refractivity contribution in [3.8, 4) is 17.2 Å². The molecule has 0 aliphatic heterocycles. The van der Waals surface area contributed by atoms with Crippen LogP contribution in [0.5, 0.6) is 0 Å². The minimum Gasteiger partial charge on any atom is -0.366 e. The Balaban J connectivity index is 1.81. The van der Waals surface area contributed by atoms with Crippen LogP contribution in [0.1, 0.15) is 21.5 Å². The fourth-order valence-corrected chi connectivity index (χ4v) is 4.41. The number of primary amides is 1. The third-order valence-electron chi connectivity index (χ3n) is 5.80. The van der Waals surface area contributed by atoms with Gasteiger partial charge in [0.1, 0.15) is 0 Å². The van der Waals surface area contributed by atoms with E-state index >= 15 is 0 Å². The highest BCUT2D eigenvalue weighted by Crippen LogP contribution is 2.35. The van der Waals surface area contributed by atoms with Gasteiger partial charge in [0.25, 0.3) is 0 Å². The van der Waals surface area contributed by atoms with Crippen molar-refractivity contribution in [1.29, 1.82) is 5.26 Å². The summed E-state index contributed by atoms with van der Waals surface area (Å²) in [5.41, 5.74) is 11.7. The van der Waals surface area contributed by atoms with Crippen molar-refractivity contribution in [3.05, 3.63) is 107 Å². The Hall–Kier alpha value is -4.07. The summed E-state index contributed by atoms with van der Waals surface area (Å²) in [5.74, 6) is -0.464. The zero-order valence-electron chi connectivity index (χ0n) is 17.0. The highest BCUT2D eigenvalue weighted by molar-refractivity contribution is 6.30. The molecule has 5 heteroatoms. The predicted molar refractivity (Wildman–Crippen MR) is 129 cm³/mol. The molecule has 2 N–H and O–H groups in total. The number of carbonyl (C=O) groups excluding carboxylic acids is 1. The van der Waals surface area contributed by atoms with E-state index in [4.69, 9.17) is 17.3 Å². The number of nitrogens with zero attached hydrogens (tertiary/aromatic N) is 2. The van der Waals surface area contributed by atoms with E-state index in [0.717, 1.165) is 38.5 Å². The molecule has 0 saturated carbocycles. The van der Waals surface area contributed by atoms with Crippen LogP contribution in [-0.4, -0.2) is 10.5 Å². The first-order chi connectivity index (χ1) is 15.6. The minimum atomic E-state index is -0.464. The zero-order valence-corrected chi connectivity index (χ0v) is 17.8. The van der Waals surface area contributed by atoms with Gasteiger partial charge in [0.05, 0.1) is 22.7 Å². The van der Waals surface area contributed by atoms with Gasteiger partial charge in [-0.05, 0) is 53.1 Å². The van der Waals surface area contributed by atoms with Gasteiger partial charge in [-0.2, -0.15) is 5.26 Å². The third-order valence-corrected chi connectivity index (χ3v) is 6.05. The fourth-order valence-electron chi connectivity index (χ4n) is 4.28. The van der Waals surface area contributed by atoms with Gasteiger partial charge in [-0.15, -0.1) is 0 Å². The second-order valence-corrected chi connectivity index (χ2v) is 8.09. The number of carbonyl (C=O) groups is 1. The number of benzene rings is 4. The van der Waals surface area contributed by atoms with E-state index in [2.05, 4.69) is 16.7 Å². The fraction of sp³-hybridized carbons (Fsp3) is 0.0370. The van der Waals surface area contributed by atoms with Crippen LogP contribution in [0.3, 0.4) is 0 Å². The van der Waals surface area contributed by atoms with E-state index in [1.54, 1.807) is 6.07 Å². The van der Waals surface area contributed by atoms with Gasteiger partial charge in [0.2, 0.25) is 5.91 Å². The second kappa shape index (κ2) is 7.88. The summed E-state index contributed by atoms with van der Waals surface area (Å²) >= 11 is 6.06. The van der Waals surface area contributed by atoms with Gasteiger partial charge in [-0.1, -0.05) is 60.1 Å². The smallest absolute Gasteiger partial charge is 0.249 e. The molecule has 0 atom stereocenters. The Bertz CT molecular complexity index is 1540. The maximum absolute atomic E-state index is 12.2. The number of fused-ring (bicyclic) bond motifs is 3. The average Bonchev–Trinajstić information content (AvgIpc) is 3.13. The lowest BCUT2D eigenvalue weighted by Crippen LogP contribution is -2.11. The molecular formula is C27H18ClN3O. The number of hydrogen-bond acceptors (Lipinski definition) is 2. The van der Waals surface area contributed by atoms with Crippen LogP contribution >= 0.6 is 11.6 Å². The van der Waals surface area contributed by atoms with Crippen molar-refractivity contribution >= 4 is 39.3 Å². The normalized spacial score (nSPS) is 11.0. The number of nitrogens with two attached hydrogens (primary N) is 1. The Labute approximate surface area is 190 Å². The lowest BCUT2D eigenvalue weighted by molar-refractivity contribution is 0.100. The Morgan fingerprint density at radius 3 is 2.41 bits per heavy atom. The molecule has 154 valence electrons. The zero-order chi connectivity index (χ0) is 22.2. The predicted octanol–water partition coefficient (Wildman–Crippen LogP) is 6.13. The Morgan fingerprint density at radius 2 is 1.66 bits per heavy atom. The van der Waals surface area contributed by atoms with Crippen LogP contribution in [0, 0.1) is 11.3 Å². The quantitative estimate of drug-likeness (QED) is 0.368. The van der Waals surface area contributed by atoms with Gasteiger partial charge in [0, 0.05) is 27.9 Å². The summed E-state index contributed by atoms with van der Waals surface area (Å²) < 4.78 is 2.15. The first-order valence-corrected chi connectivity index (χ1v) is 10.5. The maximum atomic E-state index is 12.2. The molecule has 0 bridgehead atoms. The van der Waals surface area contributed by atoms with E-state index in [1.165, 1.54) is 0 Å². The maximum Gasteiger partial charge on any atom is 0.249 e. The standard InChI is InChI=1S/C27H18ClN3O/c28-21-11-8-17(9-12-21)18-10-13-22-25(14-18)31(16-20-5-2-1-4-19(20)15-29)24-7-3-6-23(26(22)24)27(30)32/h1-14H,16H2,(H2,30,32). The molecule has 4 nitrogen and oxygen atoms in total. The molecule has 1 heterocycles. The van der Waals surface area contributed by atoms with Gasteiger partial charge in [0.15, 0.2) is 0 Å². The molecular weight excluding hydrogens is 418 g/mol. The molecule has 0 aliphatic rings. The second-order valence-electron chi connectivity index (χ2n) is 7.66. The molecule has 0 fully saturated rings. The SMILES string of the molecule is N#Cc1ccccc1Cn1c2cc(-c3ccc(Cl)cc3)ccc2c2c(C(N)=O)cccc21. The number of halogens is 1. The van der Waals surface area contributed by atoms with Crippen LogP contribution in [-0.2, 0) is 6.54 Å². The van der Waals surface area contributed by atoms with Gasteiger partial charge >= 0.3 is 0 Å². The van der Waals surface area contributed by atoms with Gasteiger partial charge < -0.3 is 10.3 Å². The summed E-state index contributed by atoms with van der Waals surface area (Å²) in [5, 5.41) is 12.0. The molecule has 4 aromatic carbocycles. The van der Waals surface area contributed by atoms with Crippen molar-refractivity contribution in [1.82, 2.24) is 4.57 Å². The Morgan fingerprint density at radius 1 is 0.906 bits per heavy atom. The van der Waals surface area contributed by atoms with Crippen LogP contribution in [0.2, 0.25) is 5.02 Å². The van der Waals surface area contributed by atoms with E-state index in [1.807, 2.05) is 72.8 Å². The van der Waals surface area contributed by atoms with Crippen molar-refractivity contribution in [2.75, 3.05) is 0 Å². The monoisotopic (exact) mass is 435 g/mol. The molecule has 0 radical (unpaired) electrons. The summed E-state index contributed by atoms with van der Waals surface area (Å²) in [7, 11) is 0. The highest BCUT2D eigenvalue weighted by atomic mass is 35.5. The van der Waals surface area contributed by atoms with E-state index < -0.39 is 5.91 Å². The number of hydrogen-bond donors (Lipinski definition) is 1. The van der Waals surface area contributed by atoms with E-state index in [-0.39, 0.29) is 0 Å². The lowest BCUT2D eigenvalue weighted by atomic mass is 10.0. The first-order valence-electron chi connectivity index (χ1n) is 10.2. The van der Waals surface area contributed by atoms with Crippen molar-refractivity contribution in [2.24, 2.45) is 5.73 Å². The number of rotatable bonds is 4. The van der Waals surface area contributed by atoms with Crippen molar-refractivity contribution < 1.29 is 4.79 Å². The molecule has 0 spiro atoms. The average molecular weight is 436 g/mol. The first kappa shape index (κ1) is 19.9. The Kier molecular flexibility index (Phi) is 4.89. The van der Waals surface area contributed by atoms with E-state index in [9.17, 15) is 10.1 Å². The summed E-state index contributed by atoms with van der Waals surface area (Å²) in [6.45, 7) is 0.496. The van der Waals surface area contributed by atoms with Crippen LogP contribution in [0.25, 0.3) is 32.9 Å². The van der Waals surface area contributed by atoms with E-state index in [0.29, 0.717) is 22.7 Å². The molecule has 1 aromatic heterocycles. The third kappa shape index (κ3) is 3.30. The topological polar surface area (TPSA) is 71.8 Å². The lowest BCUT2D eigenvalue weighted by Gasteiger charge is -2.10. The summed E-state index contributed by atoms with van der Waals surface area (Å²) in [6.07, 6.45) is 0. The molecule has 5 aromatic rings. The number of aromatic nitrogens is 1.